The fourth-order valence-corrected chi connectivity index (χ4v) is 3.82. The van der Waals surface area contributed by atoms with Crippen LogP contribution in [0.4, 0.5) is 4.39 Å². The van der Waals surface area contributed by atoms with E-state index in [0.29, 0.717) is 0 Å². The van der Waals surface area contributed by atoms with Gasteiger partial charge in [-0.2, -0.15) is 5.10 Å². The zero-order chi connectivity index (χ0) is 19.7. The maximum atomic E-state index is 13.2. The lowest BCUT2D eigenvalue weighted by atomic mass is 10.0. The van der Waals surface area contributed by atoms with E-state index in [1.165, 1.54) is 28.8 Å². The molecule has 0 saturated heterocycles. The zero-order valence-electron chi connectivity index (χ0n) is 16.7. The highest BCUT2D eigenvalue weighted by Gasteiger charge is 2.19. The SMILES string of the molecule is CCc1c(CN(C)C(C)c2ccc3c(c2)OCC3)cnn1-c1ccc(F)cc1. The van der Waals surface area contributed by atoms with Gasteiger partial charge in [-0.1, -0.05) is 19.1 Å². The van der Waals surface area contributed by atoms with Crippen LogP contribution in [0.2, 0.25) is 0 Å². The second-order valence-electron chi connectivity index (χ2n) is 7.41. The molecule has 146 valence electrons. The van der Waals surface area contributed by atoms with Crippen molar-refractivity contribution in [3.63, 3.8) is 0 Å². The van der Waals surface area contributed by atoms with Gasteiger partial charge in [0.2, 0.25) is 0 Å². The van der Waals surface area contributed by atoms with Crippen LogP contribution in [0.1, 0.15) is 42.3 Å². The Morgan fingerprint density at radius 1 is 1.21 bits per heavy atom. The van der Waals surface area contributed by atoms with Gasteiger partial charge in [-0.15, -0.1) is 0 Å². The largest absolute Gasteiger partial charge is 0.493 e. The van der Waals surface area contributed by atoms with Crippen molar-refractivity contribution in [2.24, 2.45) is 0 Å². The monoisotopic (exact) mass is 379 g/mol. The van der Waals surface area contributed by atoms with Crippen LogP contribution in [0.5, 0.6) is 5.75 Å². The zero-order valence-corrected chi connectivity index (χ0v) is 16.7. The summed E-state index contributed by atoms with van der Waals surface area (Å²) >= 11 is 0. The summed E-state index contributed by atoms with van der Waals surface area (Å²) in [5, 5.41) is 4.57. The Kier molecular flexibility index (Phi) is 5.18. The van der Waals surface area contributed by atoms with E-state index in [0.717, 1.165) is 43.1 Å². The number of fused-ring (bicyclic) bond motifs is 1. The first-order valence-electron chi connectivity index (χ1n) is 9.84. The standard InChI is InChI=1S/C23H26FN3O/c1-4-22-19(14-25-27(22)21-9-7-20(24)8-10-21)15-26(3)16(2)18-6-5-17-11-12-28-23(17)13-18/h5-10,13-14,16H,4,11-12,15H2,1-3H3. The molecule has 4 nitrogen and oxygen atoms in total. The molecule has 5 heteroatoms. The summed E-state index contributed by atoms with van der Waals surface area (Å²) in [6.07, 6.45) is 3.79. The number of aromatic nitrogens is 2. The Hall–Kier alpha value is -2.66. The molecular weight excluding hydrogens is 353 g/mol. The molecule has 0 spiro atoms. The van der Waals surface area contributed by atoms with Crippen LogP contribution in [-0.4, -0.2) is 28.3 Å². The fraction of sp³-hybridized carbons (Fsp3) is 0.348. The third-order valence-corrected chi connectivity index (χ3v) is 5.64. The van der Waals surface area contributed by atoms with E-state index in [-0.39, 0.29) is 11.9 Å². The normalized spacial score (nSPS) is 14.2. The summed E-state index contributed by atoms with van der Waals surface area (Å²) in [5.41, 5.74) is 5.79. The molecule has 1 atom stereocenters. The van der Waals surface area contributed by atoms with E-state index >= 15 is 0 Å². The van der Waals surface area contributed by atoms with Crippen molar-refractivity contribution in [2.75, 3.05) is 13.7 Å². The van der Waals surface area contributed by atoms with Gasteiger partial charge in [0.25, 0.3) is 0 Å². The van der Waals surface area contributed by atoms with Crippen molar-refractivity contribution in [3.8, 4) is 11.4 Å². The highest BCUT2D eigenvalue weighted by Crippen LogP contribution is 2.31. The molecule has 0 radical (unpaired) electrons. The van der Waals surface area contributed by atoms with Crippen molar-refractivity contribution in [1.29, 1.82) is 0 Å². The molecule has 1 aliphatic rings. The minimum Gasteiger partial charge on any atom is -0.493 e. The number of hydrogen-bond acceptors (Lipinski definition) is 3. The summed E-state index contributed by atoms with van der Waals surface area (Å²) in [6.45, 7) is 5.92. The lowest BCUT2D eigenvalue weighted by molar-refractivity contribution is 0.251. The van der Waals surface area contributed by atoms with Gasteiger partial charge >= 0.3 is 0 Å². The second kappa shape index (κ2) is 7.76. The van der Waals surface area contributed by atoms with E-state index in [4.69, 9.17) is 4.74 Å². The molecular formula is C23H26FN3O. The van der Waals surface area contributed by atoms with Gasteiger partial charge in [0.1, 0.15) is 11.6 Å². The summed E-state index contributed by atoms with van der Waals surface area (Å²) in [7, 11) is 2.13. The maximum Gasteiger partial charge on any atom is 0.123 e. The molecule has 1 unspecified atom stereocenters. The Bertz CT molecular complexity index is 964. The van der Waals surface area contributed by atoms with Crippen LogP contribution in [0, 0.1) is 5.82 Å². The van der Waals surface area contributed by atoms with E-state index in [1.54, 1.807) is 12.1 Å². The quantitative estimate of drug-likeness (QED) is 0.622. The van der Waals surface area contributed by atoms with E-state index in [2.05, 4.69) is 49.1 Å². The average molecular weight is 379 g/mol. The van der Waals surface area contributed by atoms with Crippen molar-refractivity contribution in [1.82, 2.24) is 14.7 Å². The first-order valence-corrected chi connectivity index (χ1v) is 9.84. The maximum absolute atomic E-state index is 13.2. The van der Waals surface area contributed by atoms with Crippen LogP contribution in [0.3, 0.4) is 0 Å². The molecule has 0 fully saturated rings. The van der Waals surface area contributed by atoms with Crippen molar-refractivity contribution >= 4 is 0 Å². The van der Waals surface area contributed by atoms with Crippen LogP contribution in [0.15, 0.2) is 48.7 Å². The summed E-state index contributed by atoms with van der Waals surface area (Å²) in [5.74, 6) is 0.789. The van der Waals surface area contributed by atoms with Crippen LogP contribution < -0.4 is 4.74 Å². The van der Waals surface area contributed by atoms with Crippen LogP contribution in [-0.2, 0) is 19.4 Å². The number of nitrogens with zero attached hydrogens (tertiary/aromatic N) is 3. The third kappa shape index (κ3) is 3.54. The topological polar surface area (TPSA) is 30.3 Å². The van der Waals surface area contributed by atoms with Gasteiger partial charge in [-0.25, -0.2) is 9.07 Å². The van der Waals surface area contributed by atoms with Gasteiger partial charge in [-0.3, -0.25) is 4.90 Å². The molecule has 2 aromatic carbocycles. The highest BCUT2D eigenvalue weighted by molar-refractivity contribution is 5.41. The van der Waals surface area contributed by atoms with Crippen molar-refractivity contribution < 1.29 is 9.13 Å². The minimum absolute atomic E-state index is 0.235. The van der Waals surface area contributed by atoms with Crippen LogP contribution >= 0.6 is 0 Å². The predicted molar refractivity (Wildman–Crippen MR) is 108 cm³/mol. The van der Waals surface area contributed by atoms with Gasteiger partial charge in [0.05, 0.1) is 18.5 Å². The minimum atomic E-state index is -0.235. The summed E-state index contributed by atoms with van der Waals surface area (Å²) < 4.78 is 20.9. The Balaban J connectivity index is 1.54. The molecule has 0 saturated carbocycles. The molecule has 4 rings (SSSR count). The second-order valence-corrected chi connectivity index (χ2v) is 7.41. The molecule has 2 heterocycles. The van der Waals surface area contributed by atoms with E-state index in [1.807, 2.05) is 10.9 Å². The molecule has 0 aliphatic carbocycles. The van der Waals surface area contributed by atoms with Crippen molar-refractivity contribution in [2.45, 2.75) is 39.3 Å². The third-order valence-electron chi connectivity index (χ3n) is 5.64. The Morgan fingerprint density at radius 3 is 2.75 bits per heavy atom. The van der Waals surface area contributed by atoms with Gasteiger partial charge in [0, 0.05) is 30.3 Å². The lowest BCUT2D eigenvalue weighted by Gasteiger charge is -2.25. The highest BCUT2D eigenvalue weighted by atomic mass is 19.1. The lowest BCUT2D eigenvalue weighted by Crippen LogP contribution is -2.22. The molecule has 0 amide bonds. The molecule has 28 heavy (non-hydrogen) atoms. The van der Waals surface area contributed by atoms with Gasteiger partial charge in [0.15, 0.2) is 0 Å². The first kappa shape index (κ1) is 18.7. The average Bonchev–Trinajstić information content (AvgIpc) is 3.33. The molecule has 1 aromatic heterocycles. The molecule has 1 aliphatic heterocycles. The summed E-state index contributed by atoms with van der Waals surface area (Å²) in [6, 6.07) is 13.3. The Labute approximate surface area is 165 Å². The number of hydrogen-bond donors (Lipinski definition) is 0. The summed E-state index contributed by atoms with van der Waals surface area (Å²) in [4.78, 5) is 2.32. The first-order chi connectivity index (χ1) is 13.6. The van der Waals surface area contributed by atoms with Crippen LogP contribution in [0.25, 0.3) is 5.69 Å². The van der Waals surface area contributed by atoms with Crippen molar-refractivity contribution in [3.05, 3.63) is 76.9 Å². The smallest absolute Gasteiger partial charge is 0.123 e. The Morgan fingerprint density at radius 2 is 2.00 bits per heavy atom. The number of rotatable bonds is 6. The van der Waals surface area contributed by atoms with Gasteiger partial charge < -0.3 is 4.74 Å². The number of halogens is 1. The van der Waals surface area contributed by atoms with E-state index < -0.39 is 0 Å². The molecule has 3 aromatic rings. The number of benzene rings is 2. The van der Waals surface area contributed by atoms with Gasteiger partial charge in [-0.05, 0) is 61.9 Å². The molecule has 0 N–H and O–H groups in total. The fourth-order valence-electron chi connectivity index (χ4n) is 3.82. The van der Waals surface area contributed by atoms with E-state index in [9.17, 15) is 4.39 Å². The predicted octanol–water partition coefficient (Wildman–Crippen LogP) is 4.70. The molecule has 0 bridgehead atoms. The number of ether oxygens (including phenoxy) is 1.